The van der Waals surface area contributed by atoms with Crippen LogP contribution >= 0.6 is 0 Å². The van der Waals surface area contributed by atoms with Crippen LogP contribution in [0.5, 0.6) is 0 Å². The standard InChI is InChI=1S/C13H14N4O2/c1-10-8-12(18)17(9-16-10)7-6-15-13(19)11-4-2-3-5-14-11/h2-5,8-9H,6-7H2,1H3,(H,15,19). The Kier molecular flexibility index (Phi) is 4.02. The number of hydrogen-bond donors (Lipinski definition) is 1. The molecule has 0 aromatic carbocycles. The van der Waals surface area contributed by atoms with Crippen LogP contribution < -0.4 is 10.9 Å². The molecule has 2 aromatic heterocycles. The molecular weight excluding hydrogens is 244 g/mol. The van der Waals surface area contributed by atoms with Gasteiger partial charge >= 0.3 is 0 Å². The van der Waals surface area contributed by atoms with E-state index in [1.807, 2.05) is 0 Å². The van der Waals surface area contributed by atoms with Crippen LogP contribution in [0.1, 0.15) is 16.2 Å². The SMILES string of the molecule is Cc1cc(=O)n(CCNC(=O)c2ccccn2)cn1. The number of rotatable bonds is 4. The van der Waals surface area contributed by atoms with Crippen LogP contribution in [0.4, 0.5) is 0 Å². The first-order chi connectivity index (χ1) is 9.16. The van der Waals surface area contributed by atoms with E-state index in [0.29, 0.717) is 24.5 Å². The largest absolute Gasteiger partial charge is 0.349 e. The Balaban J connectivity index is 1.90. The van der Waals surface area contributed by atoms with Gasteiger partial charge in [0.2, 0.25) is 0 Å². The van der Waals surface area contributed by atoms with E-state index in [9.17, 15) is 9.59 Å². The van der Waals surface area contributed by atoms with Gasteiger partial charge in [-0.15, -0.1) is 0 Å². The van der Waals surface area contributed by atoms with Crippen LogP contribution in [-0.4, -0.2) is 27.0 Å². The molecule has 6 heteroatoms. The predicted octanol–water partition coefficient (Wildman–Crippen LogP) is 0.377. The van der Waals surface area contributed by atoms with Crippen LogP contribution in [0.3, 0.4) is 0 Å². The van der Waals surface area contributed by atoms with E-state index >= 15 is 0 Å². The third kappa shape index (κ3) is 3.48. The lowest BCUT2D eigenvalue weighted by atomic mass is 10.3. The molecule has 2 rings (SSSR count). The Morgan fingerprint density at radius 3 is 2.89 bits per heavy atom. The second kappa shape index (κ2) is 5.90. The van der Waals surface area contributed by atoms with Gasteiger partial charge in [0.25, 0.3) is 11.5 Å². The fourth-order valence-electron chi connectivity index (χ4n) is 1.56. The van der Waals surface area contributed by atoms with Crippen molar-refractivity contribution in [1.82, 2.24) is 19.9 Å². The third-order valence-electron chi connectivity index (χ3n) is 2.55. The number of nitrogens with zero attached hydrogens (tertiary/aromatic N) is 3. The van der Waals surface area contributed by atoms with Crippen LogP contribution in [0.15, 0.2) is 41.6 Å². The lowest BCUT2D eigenvalue weighted by Crippen LogP contribution is -2.31. The summed E-state index contributed by atoms with van der Waals surface area (Å²) in [6, 6.07) is 6.58. The van der Waals surface area contributed by atoms with Crippen molar-refractivity contribution >= 4 is 5.91 Å². The molecule has 1 N–H and O–H groups in total. The average Bonchev–Trinajstić information content (AvgIpc) is 2.42. The maximum absolute atomic E-state index is 11.7. The summed E-state index contributed by atoms with van der Waals surface area (Å²) >= 11 is 0. The molecule has 2 aromatic rings. The molecule has 0 saturated heterocycles. The molecule has 0 fully saturated rings. The highest BCUT2D eigenvalue weighted by molar-refractivity contribution is 5.92. The molecule has 0 unspecified atom stereocenters. The zero-order valence-corrected chi connectivity index (χ0v) is 10.5. The van der Waals surface area contributed by atoms with Crippen molar-refractivity contribution in [2.45, 2.75) is 13.5 Å². The van der Waals surface area contributed by atoms with Crippen molar-refractivity contribution in [3.05, 3.63) is 58.5 Å². The highest BCUT2D eigenvalue weighted by Gasteiger charge is 2.05. The van der Waals surface area contributed by atoms with Crippen molar-refractivity contribution in [1.29, 1.82) is 0 Å². The van der Waals surface area contributed by atoms with E-state index in [-0.39, 0.29) is 11.5 Å². The smallest absolute Gasteiger partial charge is 0.269 e. The van der Waals surface area contributed by atoms with Gasteiger partial charge in [0.15, 0.2) is 0 Å². The number of carbonyl (C=O) groups excluding carboxylic acids is 1. The van der Waals surface area contributed by atoms with E-state index < -0.39 is 0 Å². The number of aromatic nitrogens is 3. The van der Waals surface area contributed by atoms with E-state index in [1.165, 1.54) is 17.0 Å². The maximum Gasteiger partial charge on any atom is 0.269 e. The molecule has 1 amide bonds. The lowest BCUT2D eigenvalue weighted by molar-refractivity contribution is 0.0947. The number of nitrogens with one attached hydrogen (secondary N) is 1. The zero-order valence-electron chi connectivity index (χ0n) is 10.5. The molecule has 0 aliphatic carbocycles. The Morgan fingerprint density at radius 2 is 2.21 bits per heavy atom. The van der Waals surface area contributed by atoms with Crippen molar-refractivity contribution in [2.75, 3.05) is 6.54 Å². The molecule has 19 heavy (non-hydrogen) atoms. The van der Waals surface area contributed by atoms with Gasteiger partial charge in [-0.1, -0.05) is 6.07 Å². The second-order valence-corrected chi connectivity index (χ2v) is 4.03. The van der Waals surface area contributed by atoms with Gasteiger partial charge in [-0.05, 0) is 19.1 Å². The highest BCUT2D eigenvalue weighted by atomic mass is 16.2. The van der Waals surface area contributed by atoms with Gasteiger partial charge < -0.3 is 5.32 Å². The molecule has 0 aliphatic rings. The summed E-state index contributed by atoms with van der Waals surface area (Å²) < 4.78 is 1.45. The fourth-order valence-corrected chi connectivity index (χ4v) is 1.56. The average molecular weight is 258 g/mol. The molecule has 0 aliphatic heterocycles. The molecule has 98 valence electrons. The van der Waals surface area contributed by atoms with E-state index in [0.717, 1.165) is 0 Å². The predicted molar refractivity (Wildman–Crippen MR) is 69.8 cm³/mol. The lowest BCUT2D eigenvalue weighted by Gasteiger charge is -2.06. The van der Waals surface area contributed by atoms with E-state index in [4.69, 9.17) is 0 Å². The van der Waals surface area contributed by atoms with E-state index in [2.05, 4.69) is 15.3 Å². The van der Waals surface area contributed by atoms with Crippen molar-refractivity contribution in [3.8, 4) is 0 Å². The first-order valence-electron chi connectivity index (χ1n) is 5.89. The van der Waals surface area contributed by atoms with Crippen molar-refractivity contribution in [2.24, 2.45) is 0 Å². The van der Waals surface area contributed by atoms with Crippen LogP contribution in [0.2, 0.25) is 0 Å². The second-order valence-electron chi connectivity index (χ2n) is 4.03. The minimum Gasteiger partial charge on any atom is -0.349 e. The van der Waals surface area contributed by atoms with Gasteiger partial charge in [-0.2, -0.15) is 0 Å². The van der Waals surface area contributed by atoms with Gasteiger partial charge in [-0.3, -0.25) is 19.1 Å². The number of amides is 1. The van der Waals surface area contributed by atoms with Gasteiger partial charge in [-0.25, -0.2) is 4.98 Å². The first kappa shape index (κ1) is 12.9. The fraction of sp³-hybridized carbons (Fsp3) is 0.231. The summed E-state index contributed by atoms with van der Waals surface area (Å²) in [7, 11) is 0. The Hall–Kier alpha value is -2.50. The normalized spacial score (nSPS) is 10.2. The van der Waals surface area contributed by atoms with Crippen LogP contribution in [0, 0.1) is 6.92 Å². The van der Waals surface area contributed by atoms with Crippen LogP contribution in [-0.2, 0) is 6.54 Å². The molecule has 0 saturated carbocycles. The third-order valence-corrected chi connectivity index (χ3v) is 2.55. The maximum atomic E-state index is 11.7. The number of aryl methyl sites for hydroxylation is 1. The Bertz CT molecular complexity index is 622. The summed E-state index contributed by atoms with van der Waals surface area (Å²) in [5, 5.41) is 2.70. The molecule has 6 nitrogen and oxygen atoms in total. The zero-order chi connectivity index (χ0) is 13.7. The minimum atomic E-state index is -0.256. The number of hydrogen-bond acceptors (Lipinski definition) is 4. The van der Waals surface area contributed by atoms with Gasteiger partial charge in [0.1, 0.15) is 5.69 Å². The molecular formula is C13H14N4O2. The quantitative estimate of drug-likeness (QED) is 0.860. The van der Waals surface area contributed by atoms with Gasteiger partial charge in [0, 0.05) is 31.0 Å². The summed E-state index contributed by atoms with van der Waals surface area (Å²) in [6.45, 7) is 2.49. The molecule has 0 bridgehead atoms. The van der Waals surface area contributed by atoms with E-state index in [1.54, 1.807) is 31.3 Å². The monoisotopic (exact) mass is 258 g/mol. The van der Waals surface area contributed by atoms with Crippen molar-refractivity contribution in [3.63, 3.8) is 0 Å². The Labute approximate surface area is 110 Å². The molecule has 0 atom stereocenters. The van der Waals surface area contributed by atoms with Gasteiger partial charge in [0.05, 0.1) is 6.33 Å². The summed E-state index contributed by atoms with van der Waals surface area (Å²) in [4.78, 5) is 31.3. The Morgan fingerprint density at radius 1 is 1.37 bits per heavy atom. The minimum absolute atomic E-state index is 0.125. The summed E-state index contributed by atoms with van der Waals surface area (Å²) in [6.07, 6.45) is 3.04. The van der Waals surface area contributed by atoms with Crippen LogP contribution in [0.25, 0.3) is 0 Å². The molecule has 0 radical (unpaired) electrons. The number of pyridine rings is 1. The molecule has 2 heterocycles. The number of carbonyl (C=O) groups is 1. The van der Waals surface area contributed by atoms with Crippen molar-refractivity contribution < 1.29 is 4.79 Å². The highest BCUT2D eigenvalue weighted by Crippen LogP contribution is 1.92. The molecule has 0 spiro atoms. The summed E-state index contributed by atoms with van der Waals surface area (Å²) in [5.74, 6) is -0.256. The summed E-state index contributed by atoms with van der Waals surface area (Å²) in [5.41, 5.74) is 0.912. The topological polar surface area (TPSA) is 76.9 Å². The first-order valence-corrected chi connectivity index (χ1v) is 5.89.